The van der Waals surface area contributed by atoms with Gasteiger partial charge in [0.1, 0.15) is 16.8 Å². The van der Waals surface area contributed by atoms with Gasteiger partial charge < -0.3 is 15.6 Å². The molecule has 0 saturated carbocycles. The highest BCUT2D eigenvalue weighted by atomic mass is 35.5. The van der Waals surface area contributed by atoms with Crippen molar-refractivity contribution in [1.82, 2.24) is 4.72 Å². The van der Waals surface area contributed by atoms with Gasteiger partial charge in [-0.05, 0) is 36.8 Å². The fourth-order valence-corrected chi connectivity index (χ4v) is 3.66. The SMILES string of the molecule is CC(N)=NC(=N)CC1=CC=CC(C(F)(F)F)C=C1NS(=O)c1ccc(Cl)c(Cl)c1.O=C(O)C(F)(F)F. The number of hydrogen-bond acceptors (Lipinski definition) is 3. The third-order valence-electron chi connectivity index (χ3n) is 3.91. The molecule has 1 aromatic carbocycles. The molecule has 7 nitrogen and oxygen atoms in total. The molecule has 0 saturated heterocycles. The number of alkyl halides is 6. The minimum Gasteiger partial charge on any atom is -0.475 e. The van der Waals surface area contributed by atoms with Crippen LogP contribution < -0.4 is 10.5 Å². The smallest absolute Gasteiger partial charge is 0.475 e. The second kappa shape index (κ2) is 12.9. The summed E-state index contributed by atoms with van der Waals surface area (Å²) in [6.45, 7) is 1.49. The molecule has 1 aromatic rings. The monoisotopic (exact) mass is 578 g/mol. The Hall–Kier alpha value is -2.84. The number of benzene rings is 1. The van der Waals surface area contributed by atoms with Gasteiger partial charge in [-0.15, -0.1) is 0 Å². The summed E-state index contributed by atoms with van der Waals surface area (Å²) in [7, 11) is -1.92. The van der Waals surface area contributed by atoms with Crippen LogP contribution in [0, 0.1) is 11.3 Å². The van der Waals surface area contributed by atoms with Gasteiger partial charge in [-0.3, -0.25) is 5.41 Å². The average molecular weight is 579 g/mol. The number of halogens is 8. The van der Waals surface area contributed by atoms with Crippen molar-refractivity contribution in [3.05, 3.63) is 63.8 Å². The quantitative estimate of drug-likeness (QED) is 0.207. The molecule has 5 N–H and O–H groups in total. The van der Waals surface area contributed by atoms with E-state index in [1.165, 1.54) is 37.3 Å². The molecule has 1 aliphatic rings. The lowest BCUT2D eigenvalue weighted by Gasteiger charge is -2.17. The number of nitrogens with zero attached hydrogens (tertiary/aromatic N) is 1. The van der Waals surface area contributed by atoms with Crippen LogP contribution in [0.4, 0.5) is 26.3 Å². The standard InChI is InChI=1S/C18H17Cl2F3N4OS.C2HF3O2/c1-10(24)26-17(25)7-11-3-2-4-12(18(21,22)23)8-16(11)27-29(28)13-5-6-14(19)15(20)9-13;3-2(4,5)1(6)7/h2-6,8-9,12,27H,7H2,1H3,(H3,24,25,26);(H,6,7). The normalized spacial score (nSPS) is 17.1. The molecule has 36 heavy (non-hydrogen) atoms. The largest absolute Gasteiger partial charge is 0.490 e. The maximum atomic E-state index is 13.3. The van der Waals surface area contributed by atoms with E-state index in [0.717, 1.165) is 12.2 Å². The molecule has 2 unspecified atom stereocenters. The molecule has 1 aliphatic carbocycles. The molecule has 198 valence electrons. The third kappa shape index (κ3) is 10.4. The summed E-state index contributed by atoms with van der Waals surface area (Å²) in [6.07, 6.45) is -5.19. The Bertz CT molecular complexity index is 1140. The Morgan fingerprint density at radius 3 is 2.28 bits per heavy atom. The van der Waals surface area contributed by atoms with Crippen molar-refractivity contribution >= 4 is 51.8 Å². The average Bonchev–Trinajstić information content (AvgIpc) is 2.91. The molecular formula is C20H18Cl2F6N4O3S. The van der Waals surface area contributed by atoms with E-state index in [0.29, 0.717) is 5.57 Å². The van der Waals surface area contributed by atoms with Crippen LogP contribution in [-0.2, 0) is 15.8 Å². The fourth-order valence-electron chi connectivity index (χ4n) is 2.36. The molecule has 0 radical (unpaired) electrons. The first-order chi connectivity index (χ1) is 16.4. The lowest BCUT2D eigenvalue weighted by atomic mass is 10.1. The summed E-state index contributed by atoms with van der Waals surface area (Å²) in [6, 6.07) is 4.24. The van der Waals surface area contributed by atoms with Crippen molar-refractivity contribution in [3.8, 4) is 0 Å². The molecule has 2 atom stereocenters. The fraction of sp³-hybridized carbons (Fsp3) is 0.250. The number of amidine groups is 2. The van der Waals surface area contributed by atoms with E-state index in [1.54, 1.807) is 0 Å². The van der Waals surface area contributed by atoms with E-state index in [4.69, 9.17) is 44.2 Å². The maximum Gasteiger partial charge on any atom is 0.490 e. The van der Waals surface area contributed by atoms with E-state index in [-0.39, 0.29) is 38.7 Å². The third-order valence-corrected chi connectivity index (χ3v) is 5.73. The lowest BCUT2D eigenvalue weighted by Crippen LogP contribution is -2.24. The summed E-state index contributed by atoms with van der Waals surface area (Å²) in [5.74, 6) is -4.65. The van der Waals surface area contributed by atoms with Gasteiger partial charge in [0.05, 0.1) is 26.7 Å². The Balaban J connectivity index is 0.000000809. The first-order valence-corrected chi connectivity index (χ1v) is 11.3. The number of carboxylic acids is 1. The highest BCUT2D eigenvalue weighted by Crippen LogP contribution is 2.33. The molecule has 0 bridgehead atoms. The molecule has 2 rings (SSSR count). The van der Waals surface area contributed by atoms with Gasteiger partial charge in [0.25, 0.3) is 0 Å². The summed E-state index contributed by atoms with van der Waals surface area (Å²) in [4.78, 5) is 12.9. The lowest BCUT2D eigenvalue weighted by molar-refractivity contribution is -0.192. The van der Waals surface area contributed by atoms with Gasteiger partial charge in [-0.2, -0.15) is 26.3 Å². The minimum atomic E-state index is -5.08. The first kappa shape index (κ1) is 31.2. The Morgan fingerprint density at radius 1 is 1.22 bits per heavy atom. The van der Waals surface area contributed by atoms with E-state index in [2.05, 4.69) is 9.71 Å². The van der Waals surface area contributed by atoms with Crippen molar-refractivity contribution < 1.29 is 40.5 Å². The van der Waals surface area contributed by atoms with E-state index in [9.17, 15) is 30.6 Å². The van der Waals surface area contributed by atoms with Crippen molar-refractivity contribution in [2.75, 3.05) is 0 Å². The van der Waals surface area contributed by atoms with Crippen molar-refractivity contribution in [2.45, 2.75) is 30.6 Å². The zero-order chi connectivity index (χ0) is 27.8. The predicted octanol–water partition coefficient (Wildman–Crippen LogP) is 5.54. The second-order valence-corrected chi connectivity index (χ2v) is 8.88. The summed E-state index contributed by atoms with van der Waals surface area (Å²) in [5, 5.41) is 15.4. The zero-order valence-electron chi connectivity index (χ0n) is 18.0. The van der Waals surface area contributed by atoms with Crippen molar-refractivity contribution in [2.24, 2.45) is 16.6 Å². The first-order valence-electron chi connectivity index (χ1n) is 9.39. The Labute approximate surface area is 213 Å². The number of carbonyl (C=O) groups is 1. The van der Waals surface area contributed by atoms with Gasteiger partial charge in [0.2, 0.25) is 0 Å². The number of aliphatic imine (C=N–C) groups is 1. The number of rotatable bonds is 5. The van der Waals surface area contributed by atoms with Crippen LogP contribution in [0.5, 0.6) is 0 Å². The topological polar surface area (TPSA) is 129 Å². The number of allylic oxidation sites excluding steroid dienone is 5. The van der Waals surface area contributed by atoms with E-state index < -0.39 is 35.2 Å². The zero-order valence-corrected chi connectivity index (χ0v) is 20.4. The van der Waals surface area contributed by atoms with Crippen LogP contribution in [0.15, 0.2) is 63.7 Å². The number of nitrogens with two attached hydrogens (primary N) is 1. The second-order valence-electron chi connectivity index (χ2n) is 6.85. The van der Waals surface area contributed by atoms with Gasteiger partial charge in [-0.1, -0.05) is 41.4 Å². The van der Waals surface area contributed by atoms with Crippen LogP contribution in [0.25, 0.3) is 0 Å². The summed E-state index contributed by atoms with van der Waals surface area (Å²) >= 11 is 11.8. The molecule has 0 spiro atoms. The molecule has 0 amide bonds. The molecule has 0 aliphatic heterocycles. The van der Waals surface area contributed by atoms with Gasteiger partial charge in [0, 0.05) is 12.1 Å². The van der Waals surface area contributed by atoms with Gasteiger partial charge in [-0.25, -0.2) is 14.0 Å². The van der Waals surface area contributed by atoms with Crippen molar-refractivity contribution in [1.29, 1.82) is 5.41 Å². The van der Waals surface area contributed by atoms with Crippen LogP contribution in [0.2, 0.25) is 10.0 Å². The number of aliphatic carboxylic acids is 1. The molecular weight excluding hydrogens is 561 g/mol. The van der Waals surface area contributed by atoms with Crippen LogP contribution in [0.1, 0.15) is 13.3 Å². The molecule has 0 fully saturated rings. The summed E-state index contributed by atoms with van der Waals surface area (Å²) in [5.41, 5.74) is 5.72. The highest BCUT2D eigenvalue weighted by Gasteiger charge is 2.38. The van der Waals surface area contributed by atoms with E-state index in [1.807, 2.05) is 0 Å². The van der Waals surface area contributed by atoms with Gasteiger partial charge in [0.15, 0.2) is 0 Å². The predicted molar refractivity (Wildman–Crippen MR) is 124 cm³/mol. The number of carboxylic acid groups (broad SMARTS) is 1. The van der Waals surface area contributed by atoms with Crippen LogP contribution >= 0.6 is 23.2 Å². The van der Waals surface area contributed by atoms with E-state index >= 15 is 0 Å². The van der Waals surface area contributed by atoms with Crippen molar-refractivity contribution in [3.63, 3.8) is 0 Å². The Kier molecular flexibility index (Phi) is 11.2. The maximum absolute atomic E-state index is 13.3. The van der Waals surface area contributed by atoms with Crippen LogP contribution in [-0.4, -0.2) is 39.3 Å². The number of hydrogen-bond donors (Lipinski definition) is 4. The molecule has 0 heterocycles. The molecule has 0 aromatic heterocycles. The van der Waals surface area contributed by atoms with Crippen LogP contribution in [0.3, 0.4) is 0 Å². The molecule has 16 heteroatoms. The van der Waals surface area contributed by atoms with Gasteiger partial charge >= 0.3 is 18.3 Å². The summed E-state index contributed by atoms with van der Waals surface area (Å²) < 4.78 is 86.8. The number of nitrogens with one attached hydrogen (secondary N) is 2. The minimum absolute atomic E-state index is 0.0312. The Morgan fingerprint density at radius 2 is 1.81 bits per heavy atom. The highest BCUT2D eigenvalue weighted by molar-refractivity contribution is 7.83.